The van der Waals surface area contributed by atoms with E-state index in [-0.39, 0.29) is 5.91 Å². The molecule has 0 aliphatic carbocycles. The maximum absolute atomic E-state index is 11.4. The van der Waals surface area contributed by atoms with Crippen LogP contribution in [0.2, 0.25) is 0 Å². The Morgan fingerprint density at radius 2 is 2.27 bits per heavy atom. The number of carboxylic acid groups (broad SMARTS) is 1. The molecule has 0 bridgehead atoms. The Labute approximate surface area is 86.1 Å². The fourth-order valence-electron chi connectivity index (χ4n) is 1.63. The third-order valence-corrected chi connectivity index (χ3v) is 2.40. The van der Waals surface area contributed by atoms with Gasteiger partial charge in [-0.3, -0.25) is 9.59 Å². The molecule has 0 saturated heterocycles. The number of carbonyl (C=O) groups excluding carboxylic acids is 1. The molecule has 0 spiro atoms. The normalized spacial score (nSPS) is 14.8. The Morgan fingerprint density at radius 3 is 3.00 bits per heavy atom. The summed E-state index contributed by atoms with van der Waals surface area (Å²) in [6, 6.07) is 0. The van der Waals surface area contributed by atoms with Gasteiger partial charge in [0.25, 0.3) is 0 Å². The molecule has 0 fully saturated rings. The largest absolute Gasteiger partial charge is 0.481 e. The van der Waals surface area contributed by atoms with Gasteiger partial charge in [0.15, 0.2) is 0 Å². The van der Waals surface area contributed by atoms with Crippen LogP contribution >= 0.6 is 0 Å². The number of nitrogens with zero attached hydrogens (tertiary/aromatic N) is 3. The van der Waals surface area contributed by atoms with Crippen LogP contribution in [0.4, 0.5) is 0 Å². The molecule has 1 aromatic rings. The van der Waals surface area contributed by atoms with Crippen molar-refractivity contribution in [2.45, 2.75) is 19.5 Å². The lowest BCUT2D eigenvalue weighted by Crippen LogP contribution is -2.39. The van der Waals surface area contributed by atoms with Gasteiger partial charge in [-0.2, -0.15) is 0 Å². The second-order valence-electron chi connectivity index (χ2n) is 3.42. The molecule has 2 rings (SSSR count). The fraction of sp³-hybridized carbons (Fsp3) is 0.444. The molecule has 15 heavy (non-hydrogen) atoms. The van der Waals surface area contributed by atoms with Crippen molar-refractivity contribution in [1.82, 2.24) is 14.5 Å². The lowest BCUT2D eigenvalue weighted by atomic mass is 10.3. The van der Waals surface area contributed by atoms with Gasteiger partial charge >= 0.3 is 5.97 Å². The van der Waals surface area contributed by atoms with Crippen molar-refractivity contribution in [1.29, 1.82) is 0 Å². The van der Waals surface area contributed by atoms with Crippen LogP contribution in [0.25, 0.3) is 0 Å². The first-order chi connectivity index (χ1) is 7.16. The van der Waals surface area contributed by atoms with Crippen LogP contribution in [-0.4, -0.2) is 38.0 Å². The summed E-state index contributed by atoms with van der Waals surface area (Å²) in [4.78, 5) is 27.4. The number of imidazole rings is 1. The second-order valence-corrected chi connectivity index (χ2v) is 3.42. The van der Waals surface area contributed by atoms with E-state index in [0.29, 0.717) is 19.6 Å². The van der Waals surface area contributed by atoms with E-state index >= 15 is 0 Å². The van der Waals surface area contributed by atoms with Gasteiger partial charge in [0.1, 0.15) is 12.2 Å². The summed E-state index contributed by atoms with van der Waals surface area (Å²) in [5.74, 6) is -0.634. The van der Waals surface area contributed by atoms with Crippen LogP contribution in [0, 0.1) is 0 Å². The highest BCUT2D eigenvalue weighted by atomic mass is 16.4. The van der Waals surface area contributed by atoms with Gasteiger partial charge in [-0.25, -0.2) is 4.98 Å². The van der Waals surface area contributed by atoms with Crippen LogP contribution in [0.5, 0.6) is 0 Å². The Balaban J connectivity index is 2.03. The summed E-state index contributed by atoms with van der Waals surface area (Å²) in [6.07, 6.45) is 3.09. The minimum absolute atomic E-state index is 0.350. The molecule has 1 aliphatic rings. The maximum Gasteiger partial charge on any atom is 0.312 e. The van der Waals surface area contributed by atoms with Crippen molar-refractivity contribution < 1.29 is 14.7 Å². The third kappa shape index (κ3) is 1.98. The number of aromatic nitrogens is 2. The lowest BCUT2D eigenvalue weighted by molar-refractivity contribution is -0.144. The summed E-state index contributed by atoms with van der Waals surface area (Å²) in [5.41, 5.74) is 0. The van der Waals surface area contributed by atoms with Gasteiger partial charge in [0.05, 0.1) is 6.54 Å². The predicted octanol–water partition coefficient (Wildman–Crippen LogP) is -0.300. The van der Waals surface area contributed by atoms with Gasteiger partial charge in [-0.05, 0) is 0 Å². The number of hydrogen-bond donors (Lipinski definition) is 1. The van der Waals surface area contributed by atoms with Gasteiger partial charge in [-0.1, -0.05) is 0 Å². The van der Waals surface area contributed by atoms with E-state index in [1.54, 1.807) is 6.20 Å². The minimum atomic E-state index is -1.09. The van der Waals surface area contributed by atoms with Crippen molar-refractivity contribution in [2.75, 3.05) is 6.54 Å². The van der Waals surface area contributed by atoms with E-state index < -0.39 is 12.4 Å². The average Bonchev–Trinajstić information content (AvgIpc) is 2.62. The molecule has 0 atom stereocenters. The highest BCUT2D eigenvalue weighted by Crippen LogP contribution is 2.10. The van der Waals surface area contributed by atoms with Crippen molar-refractivity contribution in [3.63, 3.8) is 0 Å². The molecule has 6 nitrogen and oxygen atoms in total. The lowest BCUT2D eigenvalue weighted by Gasteiger charge is -2.27. The highest BCUT2D eigenvalue weighted by Gasteiger charge is 2.22. The molecule has 1 aromatic heterocycles. The van der Waals surface area contributed by atoms with Gasteiger partial charge < -0.3 is 14.6 Å². The van der Waals surface area contributed by atoms with Crippen molar-refractivity contribution in [3.8, 4) is 0 Å². The smallest absolute Gasteiger partial charge is 0.312 e. The minimum Gasteiger partial charge on any atom is -0.481 e. The Morgan fingerprint density at radius 1 is 1.47 bits per heavy atom. The first-order valence-electron chi connectivity index (χ1n) is 4.66. The summed E-state index contributed by atoms with van der Waals surface area (Å²) in [6.45, 7) is 1.63. The molecule has 0 aromatic carbocycles. The molecular weight excluding hydrogens is 198 g/mol. The van der Waals surface area contributed by atoms with Crippen molar-refractivity contribution >= 4 is 11.9 Å². The van der Waals surface area contributed by atoms with E-state index in [0.717, 1.165) is 5.82 Å². The quantitative estimate of drug-likeness (QED) is 0.678. The number of carboxylic acids is 1. The van der Waals surface area contributed by atoms with E-state index in [2.05, 4.69) is 4.98 Å². The number of rotatable bonds is 2. The zero-order valence-corrected chi connectivity index (χ0v) is 8.09. The standard InChI is InChI=1S/C9H11N3O3/c13-8(5-9(14)15)12-4-3-11-2-1-10-7(11)6-12/h1-2H,3-6H2,(H,14,15). The number of amides is 1. The van der Waals surface area contributed by atoms with E-state index in [1.165, 1.54) is 4.90 Å². The monoisotopic (exact) mass is 209 g/mol. The summed E-state index contributed by atoms with van der Waals surface area (Å²) in [5, 5.41) is 8.50. The van der Waals surface area contributed by atoms with E-state index in [1.807, 2.05) is 10.8 Å². The summed E-state index contributed by atoms with van der Waals surface area (Å²) < 4.78 is 1.96. The first-order valence-corrected chi connectivity index (χ1v) is 4.66. The van der Waals surface area contributed by atoms with Crippen LogP contribution in [-0.2, 0) is 22.7 Å². The highest BCUT2D eigenvalue weighted by molar-refractivity contribution is 5.93. The van der Waals surface area contributed by atoms with Gasteiger partial charge in [0, 0.05) is 25.5 Å². The SMILES string of the molecule is O=C(O)CC(=O)N1CCn2ccnc2C1. The van der Waals surface area contributed by atoms with E-state index in [9.17, 15) is 9.59 Å². The van der Waals surface area contributed by atoms with Crippen LogP contribution in [0.15, 0.2) is 12.4 Å². The number of carbonyl (C=O) groups is 2. The van der Waals surface area contributed by atoms with E-state index in [4.69, 9.17) is 5.11 Å². The molecule has 0 saturated carbocycles. The second kappa shape index (κ2) is 3.72. The number of aliphatic carboxylic acids is 1. The number of fused-ring (bicyclic) bond motifs is 1. The Kier molecular flexibility index (Phi) is 2.40. The summed E-state index contributed by atoms with van der Waals surface area (Å²) in [7, 11) is 0. The third-order valence-electron chi connectivity index (χ3n) is 2.40. The number of hydrogen-bond acceptors (Lipinski definition) is 3. The zero-order valence-electron chi connectivity index (χ0n) is 8.09. The molecular formula is C9H11N3O3. The molecule has 0 unspecified atom stereocenters. The molecule has 80 valence electrons. The fourth-order valence-corrected chi connectivity index (χ4v) is 1.63. The van der Waals surface area contributed by atoms with Crippen molar-refractivity contribution in [3.05, 3.63) is 18.2 Å². The van der Waals surface area contributed by atoms with Crippen LogP contribution in [0.1, 0.15) is 12.2 Å². The zero-order chi connectivity index (χ0) is 10.8. The maximum atomic E-state index is 11.4. The molecule has 6 heteroatoms. The average molecular weight is 209 g/mol. The molecule has 0 radical (unpaired) electrons. The molecule has 1 N–H and O–H groups in total. The van der Waals surface area contributed by atoms with Gasteiger partial charge in [-0.15, -0.1) is 0 Å². The molecule has 2 heterocycles. The summed E-state index contributed by atoms with van der Waals surface area (Å²) >= 11 is 0. The Hall–Kier alpha value is -1.85. The topological polar surface area (TPSA) is 75.4 Å². The first kappa shape index (κ1) is 9.70. The Bertz CT molecular complexity index is 399. The van der Waals surface area contributed by atoms with Crippen LogP contribution < -0.4 is 0 Å². The molecule has 1 aliphatic heterocycles. The van der Waals surface area contributed by atoms with Gasteiger partial charge in [0.2, 0.25) is 5.91 Å². The van der Waals surface area contributed by atoms with Crippen molar-refractivity contribution in [2.24, 2.45) is 0 Å². The van der Waals surface area contributed by atoms with Crippen LogP contribution in [0.3, 0.4) is 0 Å². The molecule has 1 amide bonds. The predicted molar refractivity (Wildman–Crippen MR) is 49.9 cm³/mol.